The van der Waals surface area contributed by atoms with E-state index in [9.17, 15) is 4.79 Å². The Morgan fingerprint density at radius 3 is 2.52 bits per heavy atom. The summed E-state index contributed by atoms with van der Waals surface area (Å²) >= 11 is 6.13. The number of nitrogen functional groups attached to an aromatic ring is 1. The average molecular weight is 467 g/mol. The first kappa shape index (κ1) is 26.2. The largest absolute Gasteiger partial charge is 0.496 e. The van der Waals surface area contributed by atoms with Crippen LogP contribution >= 0.6 is 36.4 Å². The molecule has 3 rings (SSSR count). The standard InChI is InChI=1S/C21H32ClN3O2.2ClH/c1-14-7-9-25(10-8-14)13-15-5-3-4-6-19(15)24-21(26)16-11-17(22)18(23)12-20(16)27-2;;/h11-12,14-15,19H,3-10,13,23H2,1-2H3,(H,24,26);2*1H/t15-,19+;;/m0../s1. The highest BCUT2D eigenvalue weighted by Crippen LogP contribution is 2.31. The van der Waals surface area contributed by atoms with Gasteiger partial charge in [-0.15, -0.1) is 24.8 Å². The van der Waals surface area contributed by atoms with E-state index in [2.05, 4.69) is 17.1 Å². The number of amides is 1. The number of benzene rings is 1. The number of nitrogens with two attached hydrogens (primary N) is 1. The molecule has 1 saturated heterocycles. The Labute approximate surface area is 191 Å². The van der Waals surface area contributed by atoms with Gasteiger partial charge in [-0.25, -0.2) is 0 Å². The molecular formula is C21H34Cl3N3O2. The third kappa shape index (κ3) is 6.81. The average Bonchev–Trinajstić information content (AvgIpc) is 2.66. The molecule has 0 unspecified atom stereocenters. The van der Waals surface area contributed by atoms with Gasteiger partial charge in [-0.2, -0.15) is 0 Å². The first-order chi connectivity index (χ1) is 13.0. The highest BCUT2D eigenvalue weighted by Gasteiger charge is 2.30. The molecule has 1 aromatic rings. The molecule has 0 aromatic heterocycles. The molecule has 0 spiro atoms. The monoisotopic (exact) mass is 465 g/mol. The van der Waals surface area contributed by atoms with Crippen molar-refractivity contribution in [2.45, 2.75) is 51.5 Å². The minimum Gasteiger partial charge on any atom is -0.496 e. The van der Waals surface area contributed by atoms with E-state index in [4.69, 9.17) is 22.1 Å². The van der Waals surface area contributed by atoms with Crippen molar-refractivity contribution in [1.82, 2.24) is 10.2 Å². The van der Waals surface area contributed by atoms with Crippen LogP contribution in [0.15, 0.2) is 12.1 Å². The van der Waals surface area contributed by atoms with Crippen LogP contribution in [0.5, 0.6) is 5.75 Å². The van der Waals surface area contributed by atoms with Gasteiger partial charge in [-0.3, -0.25) is 4.79 Å². The normalized spacial score (nSPS) is 22.9. The number of carbonyl (C=O) groups excluding carboxylic acids is 1. The predicted molar refractivity (Wildman–Crippen MR) is 125 cm³/mol. The maximum Gasteiger partial charge on any atom is 0.255 e. The van der Waals surface area contributed by atoms with Crippen LogP contribution in [-0.2, 0) is 0 Å². The quantitative estimate of drug-likeness (QED) is 0.612. The van der Waals surface area contributed by atoms with Crippen LogP contribution in [0.1, 0.15) is 55.8 Å². The molecule has 1 amide bonds. The van der Waals surface area contributed by atoms with Crippen molar-refractivity contribution in [1.29, 1.82) is 0 Å². The molecule has 1 heterocycles. The van der Waals surface area contributed by atoms with E-state index in [0.717, 1.165) is 25.3 Å². The first-order valence-electron chi connectivity index (χ1n) is 10.1. The number of rotatable bonds is 5. The van der Waals surface area contributed by atoms with Gasteiger partial charge in [0.2, 0.25) is 0 Å². The van der Waals surface area contributed by atoms with Crippen LogP contribution in [0.2, 0.25) is 5.02 Å². The lowest BCUT2D eigenvalue weighted by atomic mass is 9.83. The third-order valence-electron chi connectivity index (χ3n) is 6.16. The fourth-order valence-corrected chi connectivity index (χ4v) is 4.52. The van der Waals surface area contributed by atoms with Crippen LogP contribution in [0.25, 0.3) is 0 Å². The maximum absolute atomic E-state index is 12.9. The number of nitrogens with one attached hydrogen (secondary N) is 1. The zero-order chi connectivity index (χ0) is 19.4. The molecule has 2 aliphatic rings. The third-order valence-corrected chi connectivity index (χ3v) is 6.49. The number of halogens is 3. The summed E-state index contributed by atoms with van der Waals surface area (Å²) in [4.78, 5) is 15.5. The Kier molecular flexibility index (Phi) is 10.9. The zero-order valence-corrected chi connectivity index (χ0v) is 19.7. The molecule has 0 radical (unpaired) electrons. The lowest BCUT2D eigenvalue weighted by Crippen LogP contribution is -2.47. The van der Waals surface area contributed by atoms with Gasteiger partial charge in [0.15, 0.2) is 0 Å². The minimum atomic E-state index is -0.127. The first-order valence-corrected chi connectivity index (χ1v) is 10.5. The van der Waals surface area contributed by atoms with Gasteiger partial charge in [-0.05, 0) is 56.7 Å². The van der Waals surface area contributed by atoms with E-state index in [0.29, 0.717) is 27.9 Å². The Balaban J connectivity index is 0.00000210. The van der Waals surface area contributed by atoms with Crippen molar-refractivity contribution in [3.05, 3.63) is 22.7 Å². The summed E-state index contributed by atoms with van der Waals surface area (Å²) in [7, 11) is 1.54. The van der Waals surface area contributed by atoms with Crippen LogP contribution < -0.4 is 15.8 Å². The van der Waals surface area contributed by atoms with Gasteiger partial charge in [0.05, 0.1) is 23.4 Å². The second-order valence-corrected chi connectivity index (χ2v) is 8.59. The molecular weight excluding hydrogens is 433 g/mol. The Morgan fingerprint density at radius 2 is 1.86 bits per heavy atom. The molecule has 8 heteroatoms. The SMILES string of the molecule is COc1cc(N)c(Cl)cc1C(=O)N[C@@H]1CCCC[C@H]1CN1CCC(C)CC1.Cl.Cl. The summed E-state index contributed by atoms with van der Waals surface area (Å²) in [5.41, 5.74) is 6.70. The van der Waals surface area contributed by atoms with Crippen molar-refractivity contribution in [2.75, 3.05) is 32.5 Å². The Morgan fingerprint density at radius 1 is 1.21 bits per heavy atom. The number of hydrogen-bond donors (Lipinski definition) is 2. The van der Waals surface area contributed by atoms with Crippen LogP contribution in [-0.4, -0.2) is 43.6 Å². The molecule has 3 N–H and O–H groups in total. The summed E-state index contributed by atoms with van der Waals surface area (Å²) < 4.78 is 5.34. The van der Waals surface area contributed by atoms with E-state index < -0.39 is 0 Å². The molecule has 1 saturated carbocycles. The number of nitrogens with zero attached hydrogens (tertiary/aromatic N) is 1. The van der Waals surface area contributed by atoms with Gasteiger partial charge in [0.25, 0.3) is 5.91 Å². The molecule has 166 valence electrons. The van der Waals surface area contributed by atoms with Gasteiger partial charge in [0, 0.05) is 18.7 Å². The molecule has 2 atom stereocenters. The smallest absolute Gasteiger partial charge is 0.255 e. The predicted octanol–water partition coefficient (Wildman–Crippen LogP) is 4.79. The number of carbonyl (C=O) groups is 1. The number of likely N-dealkylation sites (tertiary alicyclic amines) is 1. The number of anilines is 1. The summed E-state index contributed by atoms with van der Waals surface area (Å²) in [5.74, 6) is 1.68. The molecule has 5 nitrogen and oxygen atoms in total. The van der Waals surface area contributed by atoms with Crippen LogP contribution in [0, 0.1) is 11.8 Å². The van der Waals surface area contributed by atoms with Crippen molar-refractivity contribution in [3.8, 4) is 5.75 Å². The highest BCUT2D eigenvalue weighted by molar-refractivity contribution is 6.33. The van der Waals surface area contributed by atoms with E-state index in [-0.39, 0.29) is 36.8 Å². The molecule has 1 aromatic carbocycles. The van der Waals surface area contributed by atoms with Crippen LogP contribution in [0.3, 0.4) is 0 Å². The maximum atomic E-state index is 12.9. The zero-order valence-electron chi connectivity index (χ0n) is 17.3. The van der Waals surface area contributed by atoms with Gasteiger partial charge in [0.1, 0.15) is 5.75 Å². The fourth-order valence-electron chi connectivity index (χ4n) is 4.35. The number of piperidine rings is 1. The van der Waals surface area contributed by atoms with Crippen molar-refractivity contribution < 1.29 is 9.53 Å². The topological polar surface area (TPSA) is 67.6 Å². The minimum absolute atomic E-state index is 0. The van der Waals surface area contributed by atoms with Crippen molar-refractivity contribution in [3.63, 3.8) is 0 Å². The Hall–Kier alpha value is -0.880. The molecule has 2 fully saturated rings. The van der Waals surface area contributed by atoms with Crippen molar-refractivity contribution >= 4 is 48.0 Å². The van der Waals surface area contributed by atoms with E-state index >= 15 is 0 Å². The second kappa shape index (κ2) is 12.1. The number of hydrogen-bond acceptors (Lipinski definition) is 4. The number of methoxy groups -OCH3 is 1. The lowest BCUT2D eigenvalue weighted by molar-refractivity contribution is 0.0865. The molecule has 1 aliphatic heterocycles. The highest BCUT2D eigenvalue weighted by atomic mass is 35.5. The van der Waals surface area contributed by atoms with Crippen molar-refractivity contribution in [2.24, 2.45) is 11.8 Å². The lowest BCUT2D eigenvalue weighted by Gasteiger charge is -2.38. The molecule has 29 heavy (non-hydrogen) atoms. The summed E-state index contributed by atoms with van der Waals surface area (Å²) in [5, 5.41) is 3.64. The molecule has 1 aliphatic carbocycles. The number of ether oxygens (including phenoxy) is 1. The summed E-state index contributed by atoms with van der Waals surface area (Å²) in [6.45, 7) is 5.78. The molecule has 0 bridgehead atoms. The van der Waals surface area contributed by atoms with Gasteiger partial charge >= 0.3 is 0 Å². The van der Waals surface area contributed by atoms with Crippen LogP contribution in [0.4, 0.5) is 5.69 Å². The second-order valence-electron chi connectivity index (χ2n) is 8.18. The van der Waals surface area contributed by atoms with E-state index in [1.165, 1.54) is 38.8 Å². The summed E-state index contributed by atoms with van der Waals surface area (Å²) in [6.07, 6.45) is 7.19. The summed E-state index contributed by atoms with van der Waals surface area (Å²) in [6, 6.07) is 3.42. The van der Waals surface area contributed by atoms with E-state index in [1.54, 1.807) is 19.2 Å². The van der Waals surface area contributed by atoms with E-state index in [1.807, 2.05) is 0 Å². The fraction of sp³-hybridized carbons (Fsp3) is 0.667. The Bertz CT molecular complexity index is 667. The van der Waals surface area contributed by atoms with Gasteiger partial charge < -0.3 is 20.7 Å². The van der Waals surface area contributed by atoms with Gasteiger partial charge in [-0.1, -0.05) is 31.4 Å².